The zero-order chi connectivity index (χ0) is 12.5. The van der Waals surface area contributed by atoms with E-state index in [1.807, 2.05) is 4.68 Å². The van der Waals surface area contributed by atoms with E-state index in [9.17, 15) is 0 Å². The molecule has 16 heavy (non-hydrogen) atoms. The van der Waals surface area contributed by atoms with E-state index >= 15 is 0 Å². The van der Waals surface area contributed by atoms with Crippen LogP contribution in [0, 0.1) is 8.99 Å². The van der Waals surface area contributed by atoms with Gasteiger partial charge >= 0.3 is 0 Å². The van der Waals surface area contributed by atoms with Gasteiger partial charge in [0.1, 0.15) is 5.82 Å². The Morgan fingerprint density at radius 3 is 2.44 bits per heavy atom. The lowest BCUT2D eigenvalue weighted by atomic mass is 9.91. The number of nitrogens with two attached hydrogens (primary N) is 1. The predicted molar refractivity (Wildman–Crippen MR) is 77.5 cm³/mol. The molecular weight excluding hydrogens is 313 g/mol. The summed E-state index contributed by atoms with van der Waals surface area (Å²) in [5, 5.41) is 4.65. The second kappa shape index (κ2) is 4.94. The summed E-state index contributed by atoms with van der Waals surface area (Å²) in [7, 11) is 0. The molecule has 0 bridgehead atoms. The van der Waals surface area contributed by atoms with Crippen LogP contribution < -0.4 is 5.73 Å². The maximum absolute atomic E-state index is 6.09. The molecular formula is C12H22IN3. The lowest BCUT2D eigenvalue weighted by molar-refractivity contribution is 0.398. The van der Waals surface area contributed by atoms with Crippen molar-refractivity contribution in [1.29, 1.82) is 0 Å². The quantitative estimate of drug-likeness (QED) is 0.858. The molecule has 0 saturated heterocycles. The molecule has 92 valence electrons. The van der Waals surface area contributed by atoms with E-state index in [1.165, 1.54) is 0 Å². The molecule has 1 rings (SSSR count). The topological polar surface area (TPSA) is 43.8 Å². The maximum Gasteiger partial charge on any atom is 0.135 e. The van der Waals surface area contributed by atoms with E-state index in [4.69, 9.17) is 5.73 Å². The molecule has 3 nitrogen and oxygen atoms in total. The van der Waals surface area contributed by atoms with Gasteiger partial charge in [-0.25, -0.2) is 4.68 Å². The predicted octanol–water partition coefficient (Wildman–Crippen LogP) is 3.63. The Balaban J connectivity index is 3.05. The zero-order valence-electron chi connectivity index (χ0n) is 10.8. The Hall–Kier alpha value is -0.260. The van der Waals surface area contributed by atoms with Crippen molar-refractivity contribution in [2.24, 2.45) is 5.41 Å². The summed E-state index contributed by atoms with van der Waals surface area (Å²) < 4.78 is 3.08. The van der Waals surface area contributed by atoms with Crippen LogP contribution in [0.3, 0.4) is 0 Å². The first-order valence-corrected chi connectivity index (χ1v) is 6.86. The molecule has 0 aliphatic carbocycles. The van der Waals surface area contributed by atoms with E-state index < -0.39 is 0 Å². The molecule has 1 aromatic rings. The number of hydrogen-bond acceptors (Lipinski definition) is 2. The molecule has 1 unspecified atom stereocenters. The van der Waals surface area contributed by atoms with Crippen LogP contribution in [-0.2, 0) is 6.42 Å². The third-order valence-corrected chi connectivity index (χ3v) is 3.83. The average Bonchev–Trinajstić information content (AvgIpc) is 2.43. The van der Waals surface area contributed by atoms with Gasteiger partial charge in [0.15, 0.2) is 0 Å². The summed E-state index contributed by atoms with van der Waals surface area (Å²) in [5.41, 5.74) is 7.47. The Labute approximate surface area is 112 Å². The highest BCUT2D eigenvalue weighted by atomic mass is 127. The Morgan fingerprint density at radius 1 is 1.44 bits per heavy atom. The molecule has 4 heteroatoms. The van der Waals surface area contributed by atoms with E-state index in [0.29, 0.717) is 6.04 Å². The average molecular weight is 335 g/mol. The molecule has 1 heterocycles. The first kappa shape index (κ1) is 13.8. The van der Waals surface area contributed by atoms with Crippen molar-refractivity contribution >= 4 is 28.4 Å². The third-order valence-electron chi connectivity index (χ3n) is 2.66. The van der Waals surface area contributed by atoms with Crippen molar-refractivity contribution in [3.63, 3.8) is 0 Å². The summed E-state index contributed by atoms with van der Waals surface area (Å²) in [6.45, 7) is 11.0. The van der Waals surface area contributed by atoms with Gasteiger partial charge in [-0.3, -0.25) is 0 Å². The molecule has 0 aliphatic heterocycles. The fourth-order valence-electron chi connectivity index (χ4n) is 1.60. The van der Waals surface area contributed by atoms with Crippen LogP contribution in [0.15, 0.2) is 0 Å². The maximum atomic E-state index is 6.09. The van der Waals surface area contributed by atoms with Gasteiger partial charge in [0.25, 0.3) is 0 Å². The van der Waals surface area contributed by atoms with Crippen LogP contribution in [0.2, 0.25) is 0 Å². The number of hydrogen-bond donors (Lipinski definition) is 1. The van der Waals surface area contributed by atoms with Crippen LogP contribution in [-0.4, -0.2) is 9.78 Å². The second-order valence-corrected chi connectivity index (χ2v) is 6.66. The second-order valence-electron chi connectivity index (χ2n) is 5.59. The lowest BCUT2D eigenvalue weighted by Crippen LogP contribution is -2.12. The third kappa shape index (κ3) is 3.12. The minimum atomic E-state index is 0.251. The zero-order valence-corrected chi connectivity index (χ0v) is 13.0. The minimum Gasteiger partial charge on any atom is -0.383 e. The Morgan fingerprint density at radius 2 is 2.00 bits per heavy atom. The lowest BCUT2D eigenvalue weighted by Gasteiger charge is -2.16. The van der Waals surface area contributed by atoms with E-state index in [1.54, 1.807) is 0 Å². The van der Waals surface area contributed by atoms with Crippen molar-refractivity contribution in [3.8, 4) is 0 Å². The highest BCUT2D eigenvalue weighted by Crippen LogP contribution is 2.28. The molecule has 0 radical (unpaired) electrons. The van der Waals surface area contributed by atoms with Crippen molar-refractivity contribution in [2.75, 3.05) is 5.73 Å². The molecule has 0 aliphatic rings. The number of nitrogens with zero attached hydrogens (tertiary/aromatic N) is 2. The summed E-state index contributed by atoms with van der Waals surface area (Å²) >= 11 is 2.31. The Bertz CT molecular complexity index is 363. The molecule has 2 N–H and O–H groups in total. The highest BCUT2D eigenvalue weighted by Gasteiger charge is 2.20. The summed E-state index contributed by atoms with van der Waals surface area (Å²) in [6.07, 6.45) is 2.02. The van der Waals surface area contributed by atoms with E-state index in [-0.39, 0.29) is 5.41 Å². The summed E-state index contributed by atoms with van der Waals surface area (Å²) in [4.78, 5) is 0. The number of rotatable bonds is 3. The molecule has 0 saturated carbocycles. The van der Waals surface area contributed by atoms with Crippen LogP contribution in [0.5, 0.6) is 0 Å². The highest BCUT2D eigenvalue weighted by molar-refractivity contribution is 14.1. The van der Waals surface area contributed by atoms with Crippen LogP contribution in [0.25, 0.3) is 0 Å². The number of anilines is 1. The normalized spacial score (nSPS) is 14.1. The molecule has 0 amide bonds. The standard InChI is InChI=1S/C12H22IN3/c1-6-8(2)16-11(14)10(13)9(15-16)7-12(3,4)5/h8H,6-7,14H2,1-5H3. The summed E-state index contributed by atoms with van der Waals surface area (Å²) in [5.74, 6) is 0.814. The number of nitrogen functional groups attached to an aromatic ring is 1. The van der Waals surface area contributed by atoms with Crippen molar-refractivity contribution in [1.82, 2.24) is 9.78 Å². The van der Waals surface area contributed by atoms with Gasteiger partial charge < -0.3 is 5.73 Å². The van der Waals surface area contributed by atoms with E-state index in [0.717, 1.165) is 27.9 Å². The van der Waals surface area contributed by atoms with Crippen LogP contribution in [0.1, 0.15) is 52.8 Å². The molecule has 0 spiro atoms. The van der Waals surface area contributed by atoms with Gasteiger partial charge in [-0.05, 0) is 47.8 Å². The van der Waals surface area contributed by atoms with Gasteiger partial charge in [-0.2, -0.15) is 5.10 Å². The smallest absolute Gasteiger partial charge is 0.135 e. The van der Waals surface area contributed by atoms with Crippen LogP contribution in [0.4, 0.5) is 5.82 Å². The SMILES string of the molecule is CCC(C)n1nc(CC(C)(C)C)c(I)c1N. The molecule has 0 fully saturated rings. The minimum absolute atomic E-state index is 0.251. The fourth-order valence-corrected chi connectivity index (χ4v) is 2.15. The summed E-state index contributed by atoms with van der Waals surface area (Å²) in [6, 6.07) is 0.377. The first-order valence-electron chi connectivity index (χ1n) is 5.78. The largest absolute Gasteiger partial charge is 0.383 e. The number of halogens is 1. The van der Waals surface area contributed by atoms with E-state index in [2.05, 4.69) is 62.3 Å². The van der Waals surface area contributed by atoms with Crippen molar-refractivity contribution in [2.45, 2.75) is 53.5 Å². The Kier molecular flexibility index (Phi) is 4.26. The molecule has 1 atom stereocenters. The van der Waals surface area contributed by atoms with Crippen LogP contribution >= 0.6 is 22.6 Å². The van der Waals surface area contributed by atoms with Gasteiger partial charge in [0.05, 0.1) is 15.3 Å². The molecule has 1 aromatic heterocycles. The fraction of sp³-hybridized carbons (Fsp3) is 0.750. The van der Waals surface area contributed by atoms with Crippen molar-refractivity contribution in [3.05, 3.63) is 9.26 Å². The monoisotopic (exact) mass is 335 g/mol. The van der Waals surface area contributed by atoms with Crippen molar-refractivity contribution < 1.29 is 0 Å². The first-order chi connectivity index (χ1) is 7.26. The molecule has 0 aromatic carbocycles. The van der Waals surface area contributed by atoms with Gasteiger partial charge in [0, 0.05) is 0 Å². The van der Waals surface area contributed by atoms with Gasteiger partial charge in [-0.15, -0.1) is 0 Å². The number of aromatic nitrogens is 2. The van der Waals surface area contributed by atoms with Gasteiger partial charge in [-0.1, -0.05) is 27.7 Å². The van der Waals surface area contributed by atoms with Gasteiger partial charge in [0.2, 0.25) is 0 Å².